The Hall–Kier alpha value is -3.71. The van der Waals surface area contributed by atoms with Crippen molar-refractivity contribution in [2.75, 3.05) is 5.32 Å². The topological polar surface area (TPSA) is 69.6 Å². The number of benzene rings is 3. The van der Waals surface area contributed by atoms with Crippen LogP contribution in [0.1, 0.15) is 15.9 Å². The van der Waals surface area contributed by atoms with E-state index < -0.39 is 5.91 Å². The van der Waals surface area contributed by atoms with Crippen molar-refractivity contribution in [3.63, 3.8) is 0 Å². The van der Waals surface area contributed by atoms with Crippen LogP contribution in [-0.4, -0.2) is 16.1 Å². The van der Waals surface area contributed by atoms with Crippen LogP contribution < -0.4 is 5.32 Å². The minimum absolute atomic E-state index is 0.000950. The van der Waals surface area contributed by atoms with Crippen molar-refractivity contribution in [3.8, 4) is 35.0 Å². The molecule has 0 spiro atoms. The second-order valence-corrected chi connectivity index (χ2v) is 5.45. The Morgan fingerprint density at radius 1 is 0.880 bits per heavy atom. The minimum Gasteiger partial charge on any atom is -0.508 e. The smallest absolute Gasteiger partial charge is 0.259 e. The SMILES string of the molecule is C#Cc1ccc(NC(=O)c2cc(O)ccc2O)cc1.c1cc2ccc1-2. The fourth-order valence-corrected chi connectivity index (χ4v) is 2.22. The maximum absolute atomic E-state index is 11.9. The molecule has 0 saturated heterocycles. The van der Waals surface area contributed by atoms with Crippen molar-refractivity contribution in [1.29, 1.82) is 0 Å². The molecule has 0 heterocycles. The van der Waals surface area contributed by atoms with Gasteiger partial charge in [0.05, 0.1) is 5.56 Å². The van der Waals surface area contributed by atoms with Gasteiger partial charge < -0.3 is 15.5 Å². The molecule has 2 aromatic rings. The Labute approximate surface area is 145 Å². The van der Waals surface area contributed by atoms with Crippen LogP contribution >= 0.6 is 0 Å². The van der Waals surface area contributed by atoms with Gasteiger partial charge in [0.1, 0.15) is 11.5 Å². The van der Waals surface area contributed by atoms with Crippen LogP contribution in [0, 0.1) is 12.3 Å². The predicted octanol–water partition coefficient (Wildman–Crippen LogP) is 4.00. The molecule has 1 amide bonds. The number of hydrogen-bond acceptors (Lipinski definition) is 3. The molecule has 2 aliphatic carbocycles. The summed E-state index contributed by atoms with van der Waals surface area (Å²) in [5.74, 6) is 1.67. The van der Waals surface area contributed by atoms with Gasteiger partial charge in [-0.05, 0) is 53.6 Å². The lowest BCUT2D eigenvalue weighted by atomic mass is 9.95. The zero-order valence-electron chi connectivity index (χ0n) is 13.2. The zero-order valence-corrected chi connectivity index (χ0v) is 13.2. The highest BCUT2D eigenvalue weighted by molar-refractivity contribution is 6.06. The van der Waals surface area contributed by atoms with E-state index in [2.05, 4.69) is 35.5 Å². The van der Waals surface area contributed by atoms with Crippen molar-refractivity contribution < 1.29 is 15.0 Å². The molecule has 0 unspecified atom stereocenters. The Bertz CT molecular complexity index is 931. The van der Waals surface area contributed by atoms with Crippen LogP contribution in [0.15, 0.2) is 66.7 Å². The molecule has 25 heavy (non-hydrogen) atoms. The van der Waals surface area contributed by atoms with Gasteiger partial charge in [-0.15, -0.1) is 6.42 Å². The summed E-state index contributed by atoms with van der Waals surface area (Å²) in [4.78, 5) is 11.9. The van der Waals surface area contributed by atoms with Crippen molar-refractivity contribution in [3.05, 3.63) is 77.9 Å². The predicted molar refractivity (Wildman–Crippen MR) is 97.5 cm³/mol. The molecule has 2 aliphatic rings. The molecular formula is C21H15NO3. The van der Waals surface area contributed by atoms with E-state index in [9.17, 15) is 15.0 Å². The number of carbonyl (C=O) groups is 1. The van der Waals surface area contributed by atoms with Gasteiger partial charge in [-0.25, -0.2) is 0 Å². The summed E-state index contributed by atoms with van der Waals surface area (Å²) in [6.07, 6.45) is 5.23. The second-order valence-electron chi connectivity index (χ2n) is 5.45. The van der Waals surface area contributed by atoms with E-state index in [4.69, 9.17) is 6.42 Å². The van der Waals surface area contributed by atoms with Crippen LogP contribution in [0.2, 0.25) is 0 Å². The standard InChI is InChI=1S/C15H11NO3.C6H4/c1-2-10-3-5-11(6-4-10)16-15(19)13-9-12(17)7-8-14(13)18;1-2-6-4-3-5(1)6/h1,3-9,17-18H,(H,16,19);1-4H. The number of fused-ring (bicyclic) bond motifs is 1. The molecular weight excluding hydrogens is 314 g/mol. The summed E-state index contributed by atoms with van der Waals surface area (Å²) >= 11 is 0. The molecule has 4 heteroatoms. The van der Waals surface area contributed by atoms with Crippen molar-refractivity contribution in [2.45, 2.75) is 0 Å². The largest absolute Gasteiger partial charge is 0.508 e. The van der Waals surface area contributed by atoms with Crippen LogP contribution in [0.5, 0.6) is 11.5 Å². The molecule has 2 aromatic carbocycles. The van der Waals surface area contributed by atoms with E-state index >= 15 is 0 Å². The van der Waals surface area contributed by atoms with Gasteiger partial charge in [-0.1, -0.05) is 30.2 Å². The van der Waals surface area contributed by atoms with Crippen LogP contribution in [0.3, 0.4) is 0 Å². The third kappa shape index (κ3) is 3.62. The lowest BCUT2D eigenvalue weighted by molar-refractivity contribution is 0.102. The first-order chi connectivity index (χ1) is 12.1. The van der Waals surface area contributed by atoms with Crippen molar-refractivity contribution in [2.24, 2.45) is 0 Å². The Morgan fingerprint density at radius 2 is 1.48 bits per heavy atom. The van der Waals surface area contributed by atoms with E-state index in [0.29, 0.717) is 11.3 Å². The molecule has 0 radical (unpaired) electrons. The van der Waals surface area contributed by atoms with Gasteiger partial charge in [0.2, 0.25) is 0 Å². The van der Waals surface area contributed by atoms with Crippen molar-refractivity contribution >= 4 is 11.6 Å². The molecule has 0 aliphatic heterocycles. The maximum atomic E-state index is 11.9. The molecule has 3 N–H and O–H groups in total. The number of phenolic OH excluding ortho intramolecular Hbond substituents is 2. The monoisotopic (exact) mass is 329 g/mol. The summed E-state index contributed by atoms with van der Waals surface area (Å²) in [6.45, 7) is 0. The summed E-state index contributed by atoms with van der Waals surface area (Å²) < 4.78 is 0. The number of terminal acetylenes is 1. The van der Waals surface area contributed by atoms with Crippen LogP contribution in [-0.2, 0) is 0 Å². The van der Waals surface area contributed by atoms with E-state index in [0.717, 1.165) is 0 Å². The molecule has 4 nitrogen and oxygen atoms in total. The first kappa shape index (κ1) is 16.2. The first-order valence-electron chi connectivity index (χ1n) is 7.57. The van der Waals surface area contributed by atoms with Gasteiger partial charge in [-0.3, -0.25) is 4.79 Å². The number of amides is 1. The minimum atomic E-state index is -0.512. The highest BCUT2D eigenvalue weighted by Crippen LogP contribution is 2.29. The molecule has 0 fully saturated rings. The molecule has 0 atom stereocenters. The Balaban J connectivity index is 0.000000250. The zero-order chi connectivity index (χ0) is 17.8. The Morgan fingerprint density at radius 3 is 1.96 bits per heavy atom. The third-order valence-electron chi connectivity index (χ3n) is 3.75. The fourth-order valence-electron chi connectivity index (χ4n) is 2.22. The fraction of sp³-hybridized carbons (Fsp3) is 0. The normalized spacial score (nSPS) is 10.0. The van der Waals surface area contributed by atoms with Gasteiger partial charge in [0, 0.05) is 11.3 Å². The highest BCUT2D eigenvalue weighted by Gasteiger charge is 2.12. The van der Waals surface area contributed by atoms with Crippen LogP contribution in [0.25, 0.3) is 11.1 Å². The molecule has 0 aromatic heterocycles. The van der Waals surface area contributed by atoms with Gasteiger partial charge in [-0.2, -0.15) is 0 Å². The molecule has 122 valence electrons. The number of aromatic hydroxyl groups is 2. The first-order valence-corrected chi connectivity index (χ1v) is 7.57. The average Bonchev–Trinajstić information content (AvgIpc) is 2.61. The van der Waals surface area contributed by atoms with Crippen LogP contribution in [0.4, 0.5) is 5.69 Å². The quantitative estimate of drug-likeness (QED) is 0.384. The number of rotatable bonds is 2. The summed E-state index contributed by atoms with van der Waals surface area (Å²) in [7, 11) is 0. The number of anilines is 1. The van der Waals surface area contributed by atoms with E-state index in [-0.39, 0.29) is 17.1 Å². The molecule has 4 rings (SSSR count). The lowest BCUT2D eigenvalue weighted by Gasteiger charge is -2.10. The second kappa shape index (κ2) is 6.81. The lowest BCUT2D eigenvalue weighted by Crippen LogP contribution is -2.11. The average molecular weight is 329 g/mol. The summed E-state index contributed by atoms with van der Waals surface area (Å²) in [5.41, 5.74) is 4.11. The van der Waals surface area contributed by atoms with Gasteiger partial charge in [0.25, 0.3) is 5.91 Å². The number of hydrogen-bond donors (Lipinski definition) is 3. The van der Waals surface area contributed by atoms with Gasteiger partial charge in [0.15, 0.2) is 0 Å². The third-order valence-corrected chi connectivity index (χ3v) is 3.75. The summed E-state index contributed by atoms with van der Waals surface area (Å²) in [5, 5.41) is 21.5. The van der Waals surface area contributed by atoms with Crippen molar-refractivity contribution in [1.82, 2.24) is 0 Å². The number of phenols is 2. The van der Waals surface area contributed by atoms with Gasteiger partial charge >= 0.3 is 0 Å². The highest BCUT2D eigenvalue weighted by atomic mass is 16.3. The van der Waals surface area contributed by atoms with E-state index in [1.165, 1.54) is 29.3 Å². The molecule has 0 bridgehead atoms. The number of nitrogens with one attached hydrogen (secondary N) is 1. The molecule has 0 saturated carbocycles. The van der Waals surface area contributed by atoms with E-state index in [1.807, 2.05) is 0 Å². The van der Waals surface area contributed by atoms with E-state index in [1.54, 1.807) is 24.3 Å². The summed E-state index contributed by atoms with van der Waals surface area (Å²) in [6, 6.07) is 18.9. The number of carbonyl (C=O) groups excluding carboxylic acids is 1. The Kier molecular flexibility index (Phi) is 4.40. The maximum Gasteiger partial charge on any atom is 0.259 e.